The van der Waals surface area contributed by atoms with Crippen molar-refractivity contribution in [2.24, 2.45) is 11.0 Å². The van der Waals surface area contributed by atoms with Crippen LogP contribution >= 0.6 is 23.4 Å². The third-order valence-electron chi connectivity index (χ3n) is 3.20. The van der Waals surface area contributed by atoms with Gasteiger partial charge >= 0.3 is 0 Å². The summed E-state index contributed by atoms with van der Waals surface area (Å²) in [6, 6.07) is 7.46. The van der Waals surface area contributed by atoms with E-state index in [2.05, 4.69) is 15.8 Å². The summed E-state index contributed by atoms with van der Waals surface area (Å²) in [5.74, 6) is 1.29. The molecule has 1 aliphatic rings. The second-order valence-electron chi connectivity index (χ2n) is 5.02. The lowest BCUT2D eigenvalue weighted by molar-refractivity contribution is -0.121. The van der Waals surface area contributed by atoms with Crippen molar-refractivity contribution in [1.82, 2.24) is 5.43 Å². The van der Waals surface area contributed by atoms with E-state index in [0.717, 1.165) is 23.4 Å². The van der Waals surface area contributed by atoms with Gasteiger partial charge in [-0.2, -0.15) is 5.10 Å². The number of hydrogen-bond acceptors (Lipinski definition) is 4. The van der Waals surface area contributed by atoms with Crippen molar-refractivity contribution in [2.45, 2.75) is 19.8 Å². The van der Waals surface area contributed by atoms with E-state index in [0.29, 0.717) is 18.1 Å². The van der Waals surface area contributed by atoms with Crippen molar-refractivity contribution in [3.63, 3.8) is 0 Å². The van der Waals surface area contributed by atoms with Crippen LogP contribution in [0.15, 0.2) is 29.4 Å². The number of hydrogen-bond donors (Lipinski definition) is 2. The number of thioether (sulfide) groups is 1. The number of benzene rings is 1. The molecule has 0 aromatic heterocycles. The number of nitrogens with zero attached hydrogens (tertiary/aromatic N) is 1. The van der Waals surface area contributed by atoms with Gasteiger partial charge in [0, 0.05) is 29.7 Å². The van der Waals surface area contributed by atoms with Gasteiger partial charge in [0.25, 0.3) is 5.24 Å². The van der Waals surface area contributed by atoms with Crippen LogP contribution in [0, 0.1) is 5.92 Å². The van der Waals surface area contributed by atoms with Crippen LogP contribution in [-0.4, -0.2) is 28.5 Å². The molecule has 22 heavy (non-hydrogen) atoms. The summed E-state index contributed by atoms with van der Waals surface area (Å²) in [5, 5.41) is 6.85. The first-order valence-corrected chi connectivity index (χ1v) is 8.58. The smallest absolute Gasteiger partial charge is 0.283 e. The predicted octanol–water partition coefficient (Wildman–Crippen LogP) is 3.44. The molecule has 118 valence electrons. The molecule has 7 heteroatoms. The van der Waals surface area contributed by atoms with Gasteiger partial charge in [-0.3, -0.25) is 9.59 Å². The maximum absolute atomic E-state index is 11.7. The summed E-state index contributed by atoms with van der Waals surface area (Å²) < 4.78 is 0. The van der Waals surface area contributed by atoms with Gasteiger partial charge in [0.05, 0.1) is 5.71 Å². The Morgan fingerprint density at radius 3 is 2.82 bits per heavy atom. The van der Waals surface area contributed by atoms with E-state index in [1.165, 1.54) is 11.8 Å². The third-order valence-corrected chi connectivity index (χ3v) is 4.32. The highest BCUT2D eigenvalue weighted by Crippen LogP contribution is 2.19. The van der Waals surface area contributed by atoms with E-state index in [9.17, 15) is 9.59 Å². The van der Waals surface area contributed by atoms with Crippen molar-refractivity contribution in [3.8, 4) is 0 Å². The minimum atomic E-state index is -0.0893. The van der Waals surface area contributed by atoms with Crippen LogP contribution in [0.1, 0.15) is 25.3 Å². The zero-order chi connectivity index (χ0) is 15.9. The molecule has 0 fully saturated rings. The number of hydrazone groups is 1. The number of amides is 2. The fourth-order valence-corrected chi connectivity index (χ4v) is 3.06. The molecule has 0 spiro atoms. The van der Waals surface area contributed by atoms with Crippen LogP contribution in [0.3, 0.4) is 0 Å². The topological polar surface area (TPSA) is 70.6 Å². The molecule has 5 nitrogen and oxygen atoms in total. The SMILES string of the molecule is CC1CC(=O)NN=C1c1ccc(NC(=O)SCCCCl)cc1. The number of carbonyl (C=O) groups excluding carboxylic acids is 2. The van der Waals surface area contributed by atoms with Crippen LogP contribution in [-0.2, 0) is 4.79 Å². The molecule has 0 aliphatic carbocycles. The molecule has 0 radical (unpaired) electrons. The zero-order valence-electron chi connectivity index (χ0n) is 12.3. The monoisotopic (exact) mass is 339 g/mol. The Bertz CT molecular complexity index is 575. The van der Waals surface area contributed by atoms with E-state index >= 15 is 0 Å². The van der Waals surface area contributed by atoms with Crippen LogP contribution < -0.4 is 10.7 Å². The number of alkyl halides is 1. The van der Waals surface area contributed by atoms with Gasteiger partial charge < -0.3 is 5.32 Å². The summed E-state index contributed by atoms with van der Waals surface area (Å²) in [6.07, 6.45) is 1.25. The molecule has 1 aromatic rings. The van der Waals surface area contributed by atoms with Crippen LogP contribution in [0.4, 0.5) is 10.5 Å². The fraction of sp³-hybridized carbons (Fsp3) is 0.400. The average molecular weight is 340 g/mol. The number of halogens is 1. The molecule has 0 saturated carbocycles. The maximum atomic E-state index is 11.7. The second kappa shape index (κ2) is 8.19. The van der Waals surface area contributed by atoms with E-state index in [1.807, 2.05) is 31.2 Å². The molecule has 1 unspecified atom stereocenters. The molecule has 1 aromatic carbocycles. The van der Waals surface area contributed by atoms with Gasteiger partial charge in [-0.05, 0) is 24.1 Å². The van der Waals surface area contributed by atoms with E-state index in [4.69, 9.17) is 11.6 Å². The lowest BCUT2D eigenvalue weighted by Gasteiger charge is -2.19. The number of rotatable bonds is 5. The Hall–Kier alpha value is -1.53. The van der Waals surface area contributed by atoms with Crippen LogP contribution in [0.25, 0.3) is 0 Å². The Balaban J connectivity index is 1.96. The average Bonchev–Trinajstić information content (AvgIpc) is 2.49. The zero-order valence-corrected chi connectivity index (χ0v) is 13.8. The Kier molecular flexibility index (Phi) is 6.27. The maximum Gasteiger partial charge on any atom is 0.283 e. The van der Waals surface area contributed by atoms with E-state index < -0.39 is 0 Å². The second-order valence-corrected chi connectivity index (χ2v) is 6.46. The van der Waals surface area contributed by atoms with Crippen molar-refractivity contribution < 1.29 is 9.59 Å². The third kappa shape index (κ3) is 4.74. The summed E-state index contributed by atoms with van der Waals surface area (Å²) >= 11 is 6.80. The highest BCUT2D eigenvalue weighted by Gasteiger charge is 2.21. The molecule has 1 aliphatic heterocycles. The van der Waals surface area contributed by atoms with Gasteiger partial charge in [-0.25, -0.2) is 5.43 Å². The molecule has 2 N–H and O–H groups in total. The van der Waals surface area contributed by atoms with E-state index in [1.54, 1.807) is 0 Å². The highest BCUT2D eigenvalue weighted by atomic mass is 35.5. The lowest BCUT2D eigenvalue weighted by atomic mass is 9.94. The first kappa shape index (κ1) is 16.8. The molecule has 0 bridgehead atoms. The van der Waals surface area contributed by atoms with Crippen molar-refractivity contribution >= 4 is 45.9 Å². The number of carbonyl (C=O) groups is 2. The Morgan fingerprint density at radius 1 is 1.45 bits per heavy atom. The largest absolute Gasteiger partial charge is 0.317 e. The summed E-state index contributed by atoms with van der Waals surface area (Å²) in [4.78, 5) is 23.0. The van der Waals surface area contributed by atoms with Crippen LogP contribution in [0.5, 0.6) is 0 Å². The lowest BCUT2D eigenvalue weighted by Crippen LogP contribution is -2.31. The quantitative estimate of drug-likeness (QED) is 0.637. The fourth-order valence-electron chi connectivity index (χ4n) is 2.10. The standard InChI is InChI=1S/C15H18ClN3O2S/c1-10-9-13(20)18-19-14(10)11-3-5-12(6-4-11)17-15(21)22-8-2-7-16/h3-6,10H,2,7-9H2,1H3,(H,17,21)(H,18,20). The minimum Gasteiger partial charge on any atom is -0.317 e. The summed E-state index contributed by atoms with van der Waals surface area (Å²) in [6.45, 7) is 1.97. The van der Waals surface area contributed by atoms with Gasteiger partial charge in [0.15, 0.2) is 0 Å². The van der Waals surface area contributed by atoms with Gasteiger partial charge in [0.2, 0.25) is 5.91 Å². The van der Waals surface area contributed by atoms with Crippen molar-refractivity contribution in [3.05, 3.63) is 29.8 Å². The Labute approximate surface area is 138 Å². The molecule has 1 atom stereocenters. The number of nitrogens with one attached hydrogen (secondary N) is 2. The molecule has 1 heterocycles. The molecule has 2 amide bonds. The molecule has 2 rings (SSSR count). The first-order valence-electron chi connectivity index (χ1n) is 7.06. The van der Waals surface area contributed by atoms with E-state index in [-0.39, 0.29) is 17.1 Å². The molecule has 0 saturated heterocycles. The molecular weight excluding hydrogens is 322 g/mol. The van der Waals surface area contributed by atoms with Crippen molar-refractivity contribution in [1.29, 1.82) is 0 Å². The highest BCUT2D eigenvalue weighted by molar-refractivity contribution is 8.13. The normalized spacial score (nSPS) is 17.6. The van der Waals surface area contributed by atoms with Crippen LogP contribution in [0.2, 0.25) is 0 Å². The Morgan fingerprint density at radius 2 is 2.18 bits per heavy atom. The van der Waals surface area contributed by atoms with Gasteiger partial charge in [-0.1, -0.05) is 30.8 Å². The first-order chi connectivity index (χ1) is 10.6. The summed E-state index contributed by atoms with van der Waals surface area (Å²) in [5.41, 5.74) is 5.04. The van der Waals surface area contributed by atoms with Crippen molar-refractivity contribution in [2.75, 3.05) is 16.9 Å². The van der Waals surface area contributed by atoms with Gasteiger partial charge in [-0.15, -0.1) is 11.6 Å². The number of anilines is 1. The minimum absolute atomic E-state index is 0.0610. The summed E-state index contributed by atoms with van der Waals surface area (Å²) in [7, 11) is 0. The van der Waals surface area contributed by atoms with Gasteiger partial charge in [0.1, 0.15) is 0 Å². The molecular formula is C15H18ClN3O2S. The predicted molar refractivity (Wildman–Crippen MR) is 91.7 cm³/mol.